The molecule has 0 aromatic carbocycles. The molecule has 0 radical (unpaired) electrons. The van der Waals surface area contributed by atoms with E-state index < -0.39 is 0 Å². The topological polar surface area (TPSA) is 74.3 Å². The van der Waals surface area contributed by atoms with E-state index in [1.807, 2.05) is 24.3 Å². The maximum Gasteiger partial charge on any atom is 0.155 e. The molecule has 3 heterocycles. The number of Topliss-reactive ketones (excluding diaryl/α,β-unsaturated/α-hetero) is 1. The molecule has 1 saturated heterocycles. The number of fused-ring (bicyclic) bond motifs is 1. The number of carbonyl (C=O) groups excluding carboxylic acids is 1. The SMILES string of the molecule is COCCC(=O)C1CCCN(N(C)c2ncnc3[nH]ccc23)C1. The fraction of sp³-hybridized carbons (Fsp3) is 0.562. The molecule has 0 bridgehead atoms. The highest BCUT2D eigenvalue weighted by Crippen LogP contribution is 2.26. The third-order valence-electron chi connectivity index (χ3n) is 4.47. The summed E-state index contributed by atoms with van der Waals surface area (Å²) in [6.45, 7) is 2.16. The maximum absolute atomic E-state index is 12.3. The van der Waals surface area contributed by atoms with Gasteiger partial charge < -0.3 is 9.72 Å². The van der Waals surface area contributed by atoms with Gasteiger partial charge in [-0.15, -0.1) is 0 Å². The zero-order valence-electron chi connectivity index (χ0n) is 13.7. The van der Waals surface area contributed by atoms with Crippen molar-refractivity contribution < 1.29 is 9.53 Å². The summed E-state index contributed by atoms with van der Waals surface area (Å²) in [7, 11) is 3.63. The van der Waals surface area contributed by atoms with Gasteiger partial charge in [0.15, 0.2) is 5.82 Å². The van der Waals surface area contributed by atoms with Gasteiger partial charge in [-0.2, -0.15) is 0 Å². The zero-order valence-corrected chi connectivity index (χ0v) is 13.7. The van der Waals surface area contributed by atoms with Crippen molar-refractivity contribution >= 4 is 22.6 Å². The van der Waals surface area contributed by atoms with Crippen LogP contribution in [-0.2, 0) is 9.53 Å². The predicted molar refractivity (Wildman–Crippen MR) is 88.1 cm³/mol. The van der Waals surface area contributed by atoms with E-state index in [0.29, 0.717) is 18.8 Å². The highest BCUT2D eigenvalue weighted by molar-refractivity contribution is 5.87. The Morgan fingerprint density at radius 2 is 2.39 bits per heavy atom. The number of ether oxygens (including phenoxy) is 1. The molecule has 1 aliphatic heterocycles. The number of hydrogen-bond donors (Lipinski definition) is 1. The van der Waals surface area contributed by atoms with E-state index in [-0.39, 0.29) is 5.92 Å². The number of aromatic nitrogens is 3. The number of rotatable bonds is 6. The lowest BCUT2D eigenvalue weighted by molar-refractivity contribution is -0.125. The third kappa shape index (κ3) is 3.35. The second kappa shape index (κ2) is 7.06. The number of aromatic amines is 1. The number of nitrogens with one attached hydrogen (secondary N) is 1. The Morgan fingerprint density at radius 1 is 1.52 bits per heavy atom. The number of nitrogens with zero attached hydrogens (tertiary/aromatic N) is 4. The minimum atomic E-state index is 0.0740. The molecule has 1 atom stereocenters. The number of ketones is 1. The molecule has 2 aromatic rings. The van der Waals surface area contributed by atoms with Crippen molar-refractivity contribution in [1.82, 2.24) is 20.0 Å². The Hall–Kier alpha value is -1.99. The highest BCUT2D eigenvalue weighted by Gasteiger charge is 2.28. The summed E-state index contributed by atoms with van der Waals surface area (Å²) in [6.07, 6.45) is 5.89. The van der Waals surface area contributed by atoms with Gasteiger partial charge in [0.1, 0.15) is 17.8 Å². The van der Waals surface area contributed by atoms with Gasteiger partial charge >= 0.3 is 0 Å². The molecule has 1 fully saturated rings. The van der Waals surface area contributed by atoms with Gasteiger partial charge in [0.2, 0.25) is 0 Å². The van der Waals surface area contributed by atoms with Crippen LogP contribution in [0, 0.1) is 5.92 Å². The molecule has 1 unspecified atom stereocenters. The van der Waals surface area contributed by atoms with Crippen molar-refractivity contribution in [1.29, 1.82) is 0 Å². The first-order chi connectivity index (χ1) is 11.2. The Morgan fingerprint density at radius 3 is 3.22 bits per heavy atom. The van der Waals surface area contributed by atoms with Crippen LogP contribution in [0.15, 0.2) is 18.6 Å². The first-order valence-corrected chi connectivity index (χ1v) is 7.99. The van der Waals surface area contributed by atoms with Gasteiger partial charge in [-0.05, 0) is 18.9 Å². The lowest BCUT2D eigenvalue weighted by atomic mass is 9.93. The van der Waals surface area contributed by atoms with E-state index in [4.69, 9.17) is 4.74 Å². The van der Waals surface area contributed by atoms with E-state index in [0.717, 1.165) is 42.8 Å². The van der Waals surface area contributed by atoms with Crippen LogP contribution >= 0.6 is 0 Å². The van der Waals surface area contributed by atoms with Gasteiger partial charge in [0.05, 0.1) is 12.0 Å². The zero-order chi connectivity index (χ0) is 16.2. The summed E-state index contributed by atoms with van der Waals surface area (Å²) in [4.78, 5) is 24.0. The molecule has 0 aliphatic carbocycles. The second-order valence-electron chi connectivity index (χ2n) is 5.92. The van der Waals surface area contributed by atoms with Crippen LogP contribution in [0.5, 0.6) is 0 Å². The van der Waals surface area contributed by atoms with Gasteiger partial charge in [-0.3, -0.25) is 9.80 Å². The first-order valence-electron chi connectivity index (χ1n) is 7.99. The molecule has 23 heavy (non-hydrogen) atoms. The Bertz CT molecular complexity index is 671. The fourth-order valence-electron chi connectivity index (χ4n) is 3.15. The van der Waals surface area contributed by atoms with E-state index in [1.165, 1.54) is 0 Å². The summed E-state index contributed by atoms with van der Waals surface area (Å²) in [6, 6.07) is 1.98. The first kappa shape index (κ1) is 15.9. The minimum Gasteiger partial charge on any atom is -0.384 e. The molecule has 0 spiro atoms. The average Bonchev–Trinajstić information content (AvgIpc) is 3.07. The van der Waals surface area contributed by atoms with Crippen LogP contribution in [0.1, 0.15) is 19.3 Å². The Balaban J connectivity index is 1.73. The Kier molecular flexibility index (Phi) is 4.88. The minimum absolute atomic E-state index is 0.0740. The molecule has 0 amide bonds. The van der Waals surface area contributed by atoms with Crippen LogP contribution in [0.2, 0.25) is 0 Å². The van der Waals surface area contributed by atoms with Crippen molar-refractivity contribution in [3.63, 3.8) is 0 Å². The number of piperidine rings is 1. The van der Waals surface area contributed by atoms with Crippen LogP contribution < -0.4 is 5.01 Å². The molecule has 7 heteroatoms. The number of carbonyl (C=O) groups is 1. The van der Waals surface area contributed by atoms with Crippen molar-refractivity contribution in [2.45, 2.75) is 19.3 Å². The van der Waals surface area contributed by atoms with Gasteiger partial charge in [0, 0.05) is 45.8 Å². The van der Waals surface area contributed by atoms with Crippen LogP contribution in [0.4, 0.5) is 5.82 Å². The van der Waals surface area contributed by atoms with Crippen molar-refractivity contribution in [2.75, 3.05) is 38.9 Å². The molecular formula is C16H23N5O2. The summed E-state index contributed by atoms with van der Waals surface area (Å²) >= 11 is 0. The highest BCUT2D eigenvalue weighted by atomic mass is 16.5. The molecular weight excluding hydrogens is 294 g/mol. The molecule has 3 rings (SSSR count). The van der Waals surface area contributed by atoms with Crippen LogP contribution in [-0.4, -0.2) is 59.6 Å². The van der Waals surface area contributed by atoms with E-state index >= 15 is 0 Å². The Labute approximate surface area is 135 Å². The molecule has 7 nitrogen and oxygen atoms in total. The van der Waals surface area contributed by atoms with Gasteiger partial charge in [-0.1, -0.05) is 0 Å². The molecule has 2 aromatic heterocycles. The predicted octanol–water partition coefficient (Wildman–Crippen LogP) is 1.63. The van der Waals surface area contributed by atoms with E-state index in [2.05, 4.69) is 20.0 Å². The van der Waals surface area contributed by atoms with Gasteiger partial charge in [-0.25, -0.2) is 15.0 Å². The monoisotopic (exact) mass is 317 g/mol. The number of hydrazine groups is 1. The number of anilines is 1. The van der Waals surface area contributed by atoms with Crippen molar-refractivity contribution in [3.8, 4) is 0 Å². The van der Waals surface area contributed by atoms with E-state index in [9.17, 15) is 4.79 Å². The summed E-state index contributed by atoms with van der Waals surface area (Å²) < 4.78 is 5.02. The number of hydrogen-bond acceptors (Lipinski definition) is 6. The summed E-state index contributed by atoms with van der Waals surface area (Å²) in [5, 5.41) is 5.24. The van der Waals surface area contributed by atoms with Crippen molar-refractivity contribution in [3.05, 3.63) is 18.6 Å². The van der Waals surface area contributed by atoms with Crippen LogP contribution in [0.25, 0.3) is 11.0 Å². The number of methoxy groups -OCH3 is 1. The largest absolute Gasteiger partial charge is 0.384 e. The lowest BCUT2D eigenvalue weighted by Crippen LogP contribution is -2.48. The summed E-state index contributed by atoms with van der Waals surface area (Å²) in [5.41, 5.74) is 0.826. The second-order valence-corrected chi connectivity index (χ2v) is 5.92. The molecule has 1 N–H and O–H groups in total. The normalized spacial score (nSPS) is 19.1. The molecule has 124 valence electrons. The quantitative estimate of drug-likeness (QED) is 0.873. The smallest absolute Gasteiger partial charge is 0.155 e. The fourth-order valence-corrected chi connectivity index (χ4v) is 3.15. The van der Waals surface area contributed by atoms with E-state index in [1.54, 1.807) is 13.4 Å². The average molecular weight is 317 g/mol. The lowest BCUT2D eigenvalue weighted by Gasteiger charge is -2.38. The standard InChI is InChI=1S/C16H23N5O2/c1-20(16-13-5-7-17-15(13)18-11-19-16)21-8-3-4-12(10-21)14(22)6-9-23-2/h5,7,11-12H,3-4,6,8-10H2,1-2H3,(H,17,18,19). The number of H-pyrrole nitrogens is 1. The van der Waals surface area contributed by atoms with Crippen molar-refractivity contribution in [2.24, 2.45) is 5.92 Å². The van der Waals surface area contributed by atoms with Crippen LogP contribution in [0.3, 0.4) is 0 Å². The van der Waals surface area contributed by atoms with Gasteiger partial charge in [0.25, 0.3) is 0 Å². The third-order valence-corrected chi connectivity index (χ3v) is 4.47. The molecule has 0 saturated carbocycles. The molecule has 1 aliphatic rings. The maximum atomic E-state index is 12.3. The summed E-state index contributed by atoms with van der Waals surface area (Å²) in [5.74, 6) is 1.23.